The number of hydrogen-bond donors (Lipinski definition) is 1. The third-order valence-corrected chi connectivity index (χ3v) is 5.13. The Balaban J connectivity index is 1.76. The van der Waals surface area contributed by atoms with Gasteiger partial charge in [-0.15, -0.1) is 0 Å². The van der Waals surface area contributed by atoms with Crippen LogP contribution < -0.4 is 4.65 Å². The van der Waals surface area contributed by atoms with Gasteiger partial charge < -0.3 is 18.5 Å². The summed E-state index contributed by atoms with van der Waals surface area (Å²) in [6, 6.07) is 21.9. The summed E-state index contributed by atoms with van der Waals surface area (Å²) < 4.78 is 17.4. The first-order valence-corrected chi connectivity index (χ1v) is 8.65. The van der Waals surface area contributed by atoms with Crippen LogP contribution in [0.4, 0.5) is 0 Å². The van der Waals surface area contributed by atoms with E-state index in [0.717, 1.165) is 38.3 Å². The summed E-state index contributed by atoms with van der Waals surface area (Å²) in [7, 11) is 0.673. The van der Waals surface area contributed by atoms with Crippen molar-refractivity contribution in [1.29, 1.82) is 0 Å². The molecule has 0 spiro atoms. The van der Waals surface area contributed by atoms with Gasteiger partial charge >= 0.3 is 7.69 Å². The van der Waals surface area contributed by atoms with Gasteiger partial charge in [0.1, 0.15) is 16.9 Å². The predicted octanol–water partition coefficient (Wildman–Crippen LogP) is 5.54. The molecule has 4 nitrogen and oxygen atoms in total. The zero-order valence-corrected chi connectivity index (χ0v) is 14.1. The predicted molar refractivity (Wildman–Crippen MR) is 107 cm³/mol. The van der Waals surface area contributed by atoms with Gasteiger partial charge in [-0.2, -0.15) is 0 Å². The summed E-state index contributed by atoms with van der Waals surface area (Å²) in [6.07, 6.45) is 0. The molecule has 1 radical (unpaired) electrons. The van der Waals surface area contributed by atoms with E-state index in [9.17, 15) is 0 Å². The second-order valence-electron chi connectivity index (χ2n) is 6.56. The lowest BCUT2D eigenvalue weighted by atomic mass is 10.0. The molecule has 5 heteroatoms. The summed E-state index contributed by atoms with van der Waals surface area (Å²) in [6.45, 7) is 0. The van der Waals surface area contributed by atoms with Gasteiger partial charge in [-0.25, -0.2) is 0 Å². The van der Waals surface area contributed by atoms with Crippen LogP contribution in [-0.4, -0.2) is 12.7 Å². The van der Waals surface area contributed by atoms with E-state index in [1.165, 1.54) is 10.8 Å². The number of rotatable bonds is 2. The van der Waals surface area contributed by atoms with Crippen LogP contribution in [0.15, 0.2) is 75.6 Å². The summed E-state index contributed by atoms with van der Waals surface area (Å²) >= 11 is 0. The fourth-order valence-electron chi connectivity index (χ4n) is 3.95. The largest absolute Gasteiger partial charge is 0.569 e. The van der Waals surface area contributed by atoms with Gasteiger partial charge in [0.2, 0.25) is 0 Å². The first-order valence-electron chi connectivity index (χ1n) is 8.65. The minimum absolute atomic E-state index is 0.545. The fourth-order valence-corrected chi connectivity index (χ4v) is 3.95. The van der Waals surface area contributed by atoms with E-state index in [-0.39, 0.29) is 0 Å². The normalized spacial score (nSPS) is 11.9. The monoisotopic (exact) mass is 351 g/mol. The highest BCUT2D eigenvalue weighted by Crippen LogP contribution is 2.41. The average Bonchev–Trinajstić information content (AvgIpc) is 3.26. The van der Waals surface area contributed by atoms with Crippen molar-refractivity contribution in [3.05, 3.63) is 66.7 Å². The molecule has 0 aliphatic carbocycles. The van der Waals surface area contributed by atoms with E-state index in [0.29, 0.717) is 19.0 Å². The lowest BCUT2D eigenvalue weighted by Crippen LogP contribution is -1.98. The molecule has 4 aromatic carbocycles. The molecule has 0 aliphatic heterocycles. The topological polar surface area (TPSA) is 55.7 Å². The highest BCUT2D eigenvalue weighted by Gasteiger charge is 2.17. The molecule has 6 aromatic rings. The highest BCUT2D eigenvalue weighted by molar-refractivity contribution is 6.24. The van der Waals surface area contributed by atoms with Crippen molar-refractivity contribution in [3.8, 4) is 5.75 Å². The van der Waals surface area contributed by atoms with E-state index >= 15 is 0 Å². The maximum Gasteiger partial charge on any atom is 0.569 e. The third kappa shape index (κ3) is 1.97. The maximum absolute atomic E-state index is 8.88. The number of benzene rings is 4. The lowest BCUT2D eigenvalue weighted by molar-refractivity contribution is 0.454. The summed E-state index contributed by atoms with van der Waals surface area (Å²) in [5.41, 5.74) is 3.04. The molecular weight excluding hydrogens is 339 g/mol. The van der Waals surface area contributed by atoms with Crippen LogP contribution in [0.25, 0.3) is 54.6 Å². The van der Waals surface area contributed by atoms with Crippen molar-refractivity contribution >= 4 is 62.3 Å². The van der Waals surface area contributed by atoms with E-state index in [4.69, 9.17) is 18.5 Å². The van der Waals surface area contributed by atoms with Gasteiger partial charge in [0.15, 0.2) is 11.2 Å². The molecule has 2 heterocycles. The number of fused-ring (bicyclic) bond motifs is 9. The Bertz CT molecular complexity index is 1490. The average molecular weight is 351 g/mol. The van der Waals surface area contributed by atoms with Crippen molar-refractivity contribution in [2.24, 2.45) is 0 Å². The van der Waals surface area contributed by atoms with Crippen molar-refractivity contribution in [2.45, 2.75) is 0 Å². The van der Waals surface area contributed by atoms with Crippen LogP contribution in [0.1, 0.15) is 0 Å². The molecule has 6 rings (SSSR count). The number of furan rings is 2. The Labute approximate surface area is 153 Å². The lowest BCUT2D eigenvalue weighted by Gasteiger charge is -2.00. The van der Waals surface area contributed by atoms with Crippen molar-refractivity contribution in [2.75, 3.05) is 0 Å². The molecule has 27 heavy (non-hydrogen) atoms. The van der Waals surface area contributed by atoms with Crippen molar-refractivity contribution in [3.63, 3.8) is 0 Å². The Morgan fingerprint density at radius 2 is 1.48 bits per heavy atom. The molecular formula is C22H12BO4. The molecule has 0 saturated heterocycles. The highest BCUT2D eigenvalue weighted by atomic mass is 16.5. The standard InChI is InChI=1S/C22H12BO4/c24-23-27-13-6-10-18-17(11-13)15-7-8-16-20-14-4-2-1-3-12(14)5-9-19(20)26-22(16)21(15)25-18/h1-11,24H. The van der Waals surface area contributed by atoms with Gasteiger partial charge in [0.25, 0.3) is 0 Å². The van der Waals surface area contributed by atoms with E-state index in [1.54, 1.807) is 6.07 Å². The first-order chi connectivity index (χ1) is 13.3. The SMILES string of the molecule is O[B]Oc1ccc2oc3c(ccc4c3oc3ccc5ccccc5c34)c2c1. The quantitative estimate of drug-likeness (QED) is 0.416. The molecule has 0 bridgehead atoms. The van der Waals surface area contributed by atoms with E-state index in [1.807, 2.05) is 36.4 Å². The van der Waals surface area contributed by atoms with Gasteiger partial charge in [-0.05, 0) is 47.2 Å². The van der Waals surface area contributed by atoms with Crippen LogP contribution >= 0.6 is 0 Å². The molecule has 0 saturated carbocycles. The van der Waals surface area contributed by atoms with Gasteiger partial charge in [0, 0.05) is 21.5 Å². The van der Waals surface area contributed by atoms with Crippen molar-refractivity contribution < 1.29 is 18.5 Å². The molecule has 0 atom stereocenters. The molecule has 0 aliphatic rings. The Kier molecular flexibility index (Phi) is 2.88. The molecule has 0 fully saturated rings. The van der Waals surface area contributed by atoms with Crippen LogP contribution in [-0.2, 0) is 0 Å². The zero-order chi connectivity index (χ0) is 18.0. The second kappa shape index (κ2) is 5.28. The molecule has 0 amide bonds. The first kappa shape index (κ1) is 14.7. The van der Waals surface area contributed by atoms with Gasteiger partial charge in [-0.3, -0.25) is 0 Å². The fraction of sp³-hybridized carbons (Fsp3) is 0. The van der Waals surface area contributed by atoms with Crippen LogP contribution in [0.3, 0.4) is 0 Å². The summed E-state index contributed by atoms with van der Waals surface area (Å²) in [4.78, 5) is 0. The Hall–Kier alpha value is -3.44. The Morgan fingerprint density at radius 1 is 0.704 bits per heavy atom. The summed E-state index contributed by atoms with van der Waals surface area (Å²) in [5, 5.41) is 15.2. The minimum Gasteiger partial charge on any atom is -0.537 e. The van der Waals surface area contributed by atoms with E-state index in [2.05, 4.69) is 24.3 Å². The third-order valence-electron chi connectivity index (χ3n) is 5.13. The van der Waals surface area contributed by atoms with Gasteiger partial charge in [0.05, 0.1) is 0 Å². The molecule has 0 unspecified atom stereocenters. The van der Waals surface area contributed by atoms with Crippen LogP contribution in [0.2, 0.25) is 0 Å². The smallest absolute Gasteiger partial charge is 0.537 e. The Morgan fingerprint density at radius 3 is 2.41 bits per heavy atom. The molecule has 2 aromatic heterocycles. The van der Waals surface area contributed by atoms with Gasteiger partial charge in [-0.1, -0.05) is 30.3 Å². The summed E-state index contributed by atoms with van der Waals surface area (Å²) in [5.74, 6) is 0.545. The molecule has 127 valence electrons. The van der Waals surface area contributed by atoms with Crippen molar-refractivity contribution in [1.82, 2.24) is 0 Å². The molecule has 1 N–H and O–H groups in total. The van der Waals surface area contributed by atoms with Crippen LogP contribution in [0.5, 0.6) is 5.75 Å². The maximum atomic E-state index is 8.88. The second-order valence-corrected chi connectivity index (χ2v) is 6.56. The van der Waals surface area contributed by atoms with E-state index < -0.39 is 0 Å². The number of hydrogen-bond acceptors (Lipinski definition) is 4. The van der Waals surface area contributed by atoms with Crippen LogP contribution in [0, 0.1) is 0 Å². The zero-order valence-electron chi connectivity index (χ0n) is 14.1. The minimum atomic E-state index is 0.545.